The Hall–Kier alpha value is -1.06. The van der Waals surface area contributed by atoms with E-state index in [9.17, 15) is 4.79 Å². The number of benzene rings is 1. The second-order valence-electron chi connectivity index (χ2n) is 4.12. The van der Waals surface area contributed by atoms with Crippen LogP contribution in [0.2, 0.25) is 5.02 Å². The van der Waals surface area contributed by atoms with E-state index in [2.05, 4.69) is 0 Å². The number of fused-ring (bicyclic) bond motifs is 1. The van der Waals surface area contributed by atoms with Gasteiger partial charge in [-0.25, -0.2) is 4.79 Å². The summed E-state index contributed by atoms with van der Waals surface area (Å²) in [4.78, 5) is 11.8. The molecule has 1 unspecified atom stereocenters. The van der Waals surface area contributed by atoms with E-state index in [1.54, 1.807) is 6.07 Å². The number of carbonyl (C=O) groups is 1. The van der Waals surface area contributed by atoms with Gasteiger partial charge in [-0.15, -0.1) is 0 Å². The van der Waals surface area contributed by atoms with Crippen LogP contribution in [0.25, 0.3) is 0 Å². The summed E-state index contributed by atoms with van der Waals surface area (Å²) in [5.41, 5.74) is 7.02. The fourth-order valence-corrected chi connectivity index (χ4v) is 2.44. The standard InChI is InChI=1S/C12H14ClNO2/c1-16-11(15)12(14)6-2-3-8-4-5-9(13)7-10(8)12/h4-5,7H,2-3,6,14H2,1H3. The quantitative estimate of drug-likeness (QED) is 0.763. The third-order valence-corrected chi connectivity index (χ3v) is 3.35. The van der Waals surface area contributed by atoms with Crippen molar-refractivity contribution in [2.45, 2.75) is 24.8 Å². The SMILES string of the molecule is COC(=O)C1(N)CCCc2ccc(Cl)cc21. The summed E-state index contributed by atoms with van der Waals surface area (Å²) in [5, 5.41) is 0.597. The number of rotatable bonds is 1. The highest BCUT2D eigenvalue weighted by Crippen LogP contribution is 2.35. The van der Waals surface area contributed by atoms with Crippen molar-refractivity contribution >= 4 is 17.6 Å². The van der Waals surface area contributed by atoms with E-state index in [-0.39, 0.29) is 0 Å². The van der Waals surface area contributed by atoms with Crippen LogP contribution in [0, 0.1) is 0 Å². The van der Waals surface area contributed by atoms with E-state index in [1.807, 2.05) is 12.1 Å². The molecule has 0 bridgehead atoms. The summed E-state index contributed by atoms with van der Waals surface area (Å²) in [7, 11) is 1.36. The monoisotopic (exact) mass is 239 g/mol. The van der Waals surface area contributed by atoms with Gasteiger partial charge in [-0.05, 0) is 42.5 Å². The van der Waals surface area contributed by atoms with Gasteiger partial charge in [0.25, 0.3) is 0 Å². The molecular formula is C12H14ClNO2. The van der Waals surface area contributed by atoms with Crippen LogP contribution < -0.4 is 5.73 Å². The average Bonchev–Trinajstić information content (AvgIpc) is 2.29. The summed E-state index contributed by atoms with van der Waals surface area (Å²) in [6, 6.07) is 5.53. The molecule has 0 radical (unpaired) electrons. The maximum Gasteiger partial charge on any atom is 0.330 e. The van der Waals surface area contributed by atoms with Crippen molar-refractivity contribution in [1.82, 2.24) is 0 Å². The Morgan fingerprint density at radius 2 is 2.31 bits per heavy atom. The lowest BCUT2D eigenvalue weighted by Gasteiger charge is -2.33. The highest BCUT2D eigenvalue weighted by atomic mass is 35.5. The van der Waals surface area contributed by atoms with Gasteiger partial charge in [0.05, 0.1) is 7.11 Å². The fourth-order valence-electron chi connectivity index (χ4n) is 2.27. The van der Waals surface area contributed by atoms with E-state index >= 15 is 0 Å². The molecule has 1 aromatic carbocycles. The van der Waals surface area contributed by atoms with Gasteiger partial charge in [0.15, 0.2) is 0 Å². The molecule has 86 valence electrons. The van der Waals surface area contributed by atoms with Crippen molar-refractivity contribution in [2.75, 3.05) is 7.11 Å². The number of halogens is 1. The van der Waals surface area contributed by atoms with Crippen molar-refractivity contribution in [1.29, 1.82) is 0 Å². The van der Waals surface area contributed by atoms with Crippen LogP contribution in [0.4, 0.5) is 0 Å². The zero-order chi connectivity index (χ0) is 11.8. The average molecular weight is 240 g/mol. The molecule has 0 saturated carbocycles. The Bertz CT molecular complexity index is 433. The third-order valence-electron chi connectivity index (χ3n) is 3.12. The molecule has 0 saturated heterocycles. The van der Waals surface area contributed by atoms with Crippen LogP contribution in [0.3, 0.4) is 0 Å². The lowest BCUT2D eigenvalue weighted by Crippen LogP contribution is -2.48. The van der Waals surface area contributed by atoms with Crippen LogP contribution in [0.1, 0.15) is 24.0 Å². The molecule has 0 spiro atoms. The second-order valence-corrected chi connectivity index (χ2v) is 4.55. The van der Waals surface area contributed by atoms with Crippen molar-refractivity contribution in [2.24, 2.45) is 5.73 Å². The van der Waals surface area contributed by atoms with Crippen LogP contribution >= 0.6 is 11.6 Å². The number of aryl methyl sites for hydroxylation is 1. The first-order valence-corrected chi connectivity index (χ1v) is 5.62. The second kappa shape index (κ2) is 4.07. The largest absolute Gasteiger partial charge is 0.467 e. The molecule has 2 N–H and O–H groups in total. The van der Waals surface area contributed by atoms with E-state index < -0.39 is 11.5 Å². The summed E-state index contributed by atoms with van der Waals surface area (Å²) >= 11 is 5.94. The first kappa shape index (κ1) is 11.4. The van der Waals surface area contributed by atoms with Gasteiger partial charge in [0.2, 0.25) is 0 Å². The number of hydrogen-bond acceptors (Lipinski definition) is 3. The van der Waals surface area contributed by atoms with Crippen molar-refractivity contribution < 1.29 is 9.53 Å². The first-order chi connectivity index (χ1) is 7.58. The number of carbonyl (C=O) groups excluding carboxylic acids is 1. The van der Waals surface area contributed by atoms with Gasteiger partial charge in [0.1, 0.15) is 5.54 Å². The van der Waals surface area contributed by atoms with Gasteiger partial charge in [-0.1, -0.05) is 17.7 Å². The first-order valence-electron chi connectivity index (χ1n) is 5.24. The van der Waals surface area contributed by atoms with Crippen molar-refractivity contribution in [3.63, 3.8) is 0 Å². The summed E-state index contributed by atoms with van der Waals surface area (Å²) < 4.78 is 4.78. The van der Waals surface area contributed by atoms with Gasteiger partial charge in [0, 0.05) is 5.02 Å². The Balaban J connectivity index is 2.54. The number of hydrogen-bond donors (Lipinski definition) is 1. The number of ether oxygens (including phenoxy) is 1. The number of nitrogens with two attached hydrogens (primary N) is 1. The lowest BCUT2D eigenvalue weighted by atomic mass is 9.77. The summed E-state index contributed by atoms with van der Waals surface area (Å²) in [6.45, 7) is 0. The van der Waals surface area contributed by atoms with Crippen LogP contribution in [-0.2, 0) is 21.5 Å². The van der Waals surface area contributed by atoms with Crippen molar-refractivity contribution in [3.8, 4) is 0 Å². The minimum Gasteiger partial charge on any atom is -0.467 e. The molecule has 16 heavy (non-hydrogen) atoms. The summed E-state index contributed by atoms with van der Waals surface area (Å²) in [6.07, 6.45) is 2.43. The van der Waals surface area contributed by atoms with Crippen LogP contribution in [-0.4, -0.2) is 13.1 Å². The Morgan fingerprint density at radius 3 is 3.00 bits per heavy atom. The van der Waals surface area contributed by atoms with E-state index in [4.69, 9.17) is 22.1 Å². The smallest absolute Gasteiger partial charge is 0.330 e. The molecule has 1 atom stereocenters. The minimum atomic E-state index is -1.03. The molecule has 0 heterocycles. The predicted octanol–water partition coefficient (Wildman–Crippen LogP) is 2.00. The molecule has 0 amide bonds. The topological polar surface area (TPSA) is 52.3 Å². The Kier molecular flexibility index (Phi) is 2.91. The fraction of sp³-hybridized carbons (Fsp3) is 0.417. The molecule has 1 aliphatic carbocycles. The molecular weight excluding hydrogens is 226 g/mol. The minimum absolute atomic E-state index is 0.393. The molecule has 0 fully saturated rings. The molecule has 1 aromatic rings. The van der Waals surface area contributed by atoms with Gasteiger partial charge in [-0.2, -0.15) is 0 Å². The zero-order valence-electron chi connectivity index (χ0n) is 9.13. The lowest BCUT2D eigenvalue weighted by molar-refractivity contribution is -0.148. The summed E-state index contributed by atoms with van der Waals surface area (Å²) in [5.74, 6) is -0.393. The van der Waals surface area contributed by atoms with Gasteiger partial charge >= 0.3 is 5.97 Å². The number of methoxy groups -OCH3 is 1. The van der Waals surface area contributed by atoms with E-state index in [1.165, 1.54) is 7.11 Å². The highest BCUT2D eigenvalue weighted by molar-refractivity contribution is 6.30. The molecule has 0 aromatic heterocycles. The van der Waals surface area contributed by atoms with Gasteiger partial charge in [-0.3, -0.25) is 0 Å². The normalized spacial score (nSPS) is 23.7. The molecule has 3 nitrogen and oxygen atoms in total. The van der Waals surface area contributed by atoms with Crippen LogP contribution in [0.15, 0.2) is 18.2 Å². The van der Waals surface area contributed by atoms with E-state index in [0.717, 1.165) is 24.0 Å². The van der Waals surface area contributed by atoms with Gasteiger partial charge < -0.3 is 10.5 Å². The Labute approximate surface area is 99.5 Å². The maximum atomic E-state index is 11.8. The van der Waals surface area contributed by atoms with E-state index in [0.29, 0.717) is 11.4 Å². The molecule has 4 heteroatoms. The van der Waals surface area contributed by atoms with Crippen molar-refractivity contribution in [3.05, 3.63) is 34.3 Å². The number of esters is 1. The molecule has 2 rings (SSSR count). The zero-order valence-corrected chi connectivity index (χ0v) is 9.88. The maximum absolute atomic E-state index is 11.8. The predicted molar refractivity (Wildman–Crippen MR) is 62.3 cm³/mol. The Morgan fingerprint density at radius 1 is 1.56 bits per heavy atom. The highest BCUT2D eigenvalue weighted by Gasteiger charge is 2.40. The molecule has 1 aliphatic rings. The third kappa shape index (κ3) is 1.70. The molecule has 0 aliphatic heterocycles. The van der Waals surface area contributed by atoms with Crippen LogP contribution in [0.5, 0.6) is 0 Å².